The third kappa shape index (κ3) is 4.56. The highest BCUT2D eigenvalue weighted by Gasteiger charge is 2.20. The van der Waals surface area contributed by atoms with Crippen molar-refractivity contribution in [2.45, 2.75) is 31.2 Å². The van der Waals surface area contributed by atoms with Gasteiger partial charge >= 0.3 is 6.03 Å². The lowest BCUT2D eigenvalue weighted by molar-refractivity contribution is -0.119. The van der Waals surface area contributed by atoms with Gasteiger partial charge in [0.05, 0.1) is 5.25 Å². The molecule has 2 rings (SSSR count). The predicted octanol–water partition coefficient (Wildman–Crippen LogP) is 2.37. The first kappa shape index (κ1) is 17.0. The fourth-order valence-electron chi connectivity index (χ4n) is 1.80. The number of amides is 3. The van der Waals surface area contributed by atoms with Crippen molar-refractivity contribution in [3.05, 3.63) is 29.8 Å². The van der Waals surface area contributed by atoms with Gasteiger partial charge in [0.25, 0.3) is 5.22 Å². The molecule has 0 bridgehead atoms. The van der Waals surface area contributed by atoms with Crippen molar-refractivity contribution in [2.24, 2.45) is 0 Å². The summed E-state index contributed by atoms with van der Waals surface area (Å²) >= 11 is 1.10. The van der Waals surface area contributed by atoms with Crippen LogP contribution >= 0.6 is 11.8 Å². The highest BCUT2D eigenvalue weighted by Crippen LogP contribution is 2.27. The summed E-state index contributed by atoms with van der Waals surface area (Å²) in [6, 6.07) is 7.15. The summed E-state index contributed by atoms with van der Waals surface area (Å²) in [7, 11) is 0. The number of imide groups is 1. The first-order valence-electron chi connectivity index (χ1n) is 7.16. The third-order valence-corrected chi connectivity index (χ3v) is 3.94. The summed E-state index contributed by atoms with van der Waals surface area (Å²) in [5, 5.41) is 12.4. The van der Waals surface area contributed by atoms with Gasteiger partial charge in [0.1, 0.15) is 0 Å². The highest BCUT2D eigenvalue weighted by molar-refractivity contribution is 8.00. The van der Waals surface area contributed by atoms with E-state index in [1.165, 1.54) is 0 Å². The molecule has 8 heteroatoms. The molecule has 2 aromatic rings. The van der Waals surface area contributed by atoms with Crippen molar-refractivity contribution < 1.29 is 14.0 Å². The van der Waals surface area contributed by atoms with Crippen LogP contribution < -0.4 is 10.6 Å². The molecule has 23 heavy (non-hydrogen) atoms. The van der Waals surface area contributed by atoms with Gasteiger partial charge in [0, 0.05) is 12.1 Å². The number of nitrogens with zero attached hydrogens (tertiary/aromatic N) is 2. The number of aryl methyl sites for hydroxylation is 1. The molecule has 7 nitrogen and oxygen atoms in total. The van der Waals surface area contributed by atoms with Crippen LogP contribution in [0.15, 0.2) is 33.9 Å². The van der Waals surface area contributed by atoms with Crippen LogP contribution in [0.4, 0.5) is 4.79 Å². The predicted molar refractivity (Wildman–Crippen MR) is 87.0 cm³/mol. The molecule has 3 amide bonds. The molecule has 1 unspecified atom stereocenters. The van der Waals surface area contributed by atoms with E-state index >= 15 is 0 Å². The number of carbonyl (C=O) groups excluding carboxylic acids is 2. The number of carbonyl (C=O) groups is 2. The van der Waals surface area contributed by atoms with Gasteiger partial charge in [-0.1, -0.05) is 30.0 Å². The Morgan fingerprint density at radius 2 is 2.04 bits per heavy atom. The molecule has 0 aliphatic carbocycles. The van der Waals surface area contributed by atoms with E-state index < -0.39 is 17.2 Å². The molecule has 1 atom stereocenters. The SMILES string of the molecule is CCNC(=O)NC(=O)C(C)Sc1nnc(-c2ccccc2C)o1. The lowest BCUT2D eigenvalue weighted by atomic mass is 10.1. The molecule has 0 saturated heterocycles. The number of nitrogens with one attached hydrogen (secondary N) is 2. The Hall–Kier alpha value is -2.35. The van der Waals surface area contributed by atoms with Crippen molar-refractivity contribution in [2.75, 3.05) is 6.54 Å². The van der Waals surface area contributed by atoms with E-state index in [0.717, 1.165) is 22.9 Å². The van der Waals surface area contributed by atoms with Gasteiger partial charge in [-0.3, -0.25) is 10.1 Å². The minimum absolute atomic E-state index is 0.279. The Balaban J connectivity index is 2.00. The van der Waals surface area contributed by atoms with Gasteiger partial charge in [-0.15, -0.1) is 10.2 Å². The van der Waals surface area contributed by atoms with E-state index in [0.29, 0.717) is 12.4 Å². The number of rotatable bonds is 5. The number of thioether (sulfide) groups is 1. The van der Waals surface area contributed by atoms with Crippen molar-refractivity contribution in [3.8, 4) is 11.5 Å². The van der Waals surface area contributed by atoms with Crippen LogP contribution in [0.1, 0.15) is 19.4 Å². The molecule has 0 radical (unpaired) electrons. The zero-order valence-electron chi connectivity index (χ0n) is 13.1. The average Bonchev–Trinajstić information content (AvgIpc) is 2.96. The Kier molecular flexibility index (Phi) is 5.75. The van der Waals surface area contributed by atoms with E-state index in [4.69, 9.17) is 4.42 Å². The highest BCUT2D eigenvalue weighted by atomic mass is 32.2. The molecule has 0 aliphatic heterocycles. The smallest absolute Gasteiger partial charge is 0.321 e. The molecule has 0 fully saturated rings. The summed E-state index contributed by atoms with van der Waals surface area (Å²) in [6.45, 7) is 5.84. The molecule has 1 aromatic carbocycles. The van der Waals surface area contributed by atoms with Crippen LogP contribution in [0.25, 0.3) is 11.5 Å². The van der Waals surface area contributed by atoms with Crippen molar-refractivity contribution in [1.82, 2.24) is 20.8 Å². The lowest BCUT2D eigenvalue weighted by Crippen LogP contribution is -2.42. The quantitative estimate of drug-likeness (QED) is 0.815. The first-order chi connectivity index (χ1) is 11.0. The molecule has 1 aromatic heterocycles. The number of hydrogen-bond acceptors (Lipinski definition) is 6. The second-order valence-electron chi connectivity index (χ2n) is 4.80. The second-order valence-corrected chi connectivity index (χ2v) is 6.09. The van der Waals surface area contributed by atoms with Gasteiger partial charge in [-0.2, -0.15) is 0 Å². The third-order valence-electron chi connectivity index (χ3n) is 3.00. The minimum atomic E-state index is -0.539. The fourth-order valence-corrected chi connectivity index (χ4v) is 2.49. The van der Waals surface area contributed by atoms with E-state index in [9.17, 15) is 9.59 Å². The molecule has 0 saturated carbocycles. The number of hydrogen-bond donors (Lipinski definition) is 2. The van der Waals surface area contributed by atoms with Gasteiger partial charge < -0.3 is 9.73 Å². The van der Waals surface area contributed by atoms with Gasteiger partial charge in [-0.05, 0) is 32.4 Å². The maximum absolute atomic E-state index is 11.9. The minimum Gasteiger partial charge on any atom is -0.411 e. The Bertz CT molecular complexity index is 702. The molecule has 0 spiro atoms. The summed E-state index contributed by atoms with van der Waals surface area (Å²) in [5.74, 6) is -0.0153. The standard InChI is InChI=1S/C15H18N4O3S/c1-4-16-14(21)17-12(20)10(3)23-15-19-18-13(22-15)11-8-6-5-7-9(11)2/h5-8,10H,4H2,1-3H3,(H2,16,17,20,21). The Morgan fingerprint density at radius 1 is 1.30 bits per heavy atom. The summed E-state index contributed by atoms with van der Waals surface area (Å²) in [6.07, 6.45) is 0. The second kappa shape index (κ2) is 7.77. The Morgan fingerprint density at radius 3 is 2.74 bits per heavy atom. The van der Waals surface area contributed by atoms with Gasteiger partial charge in [0.15, 0.2) is 0 Å². The summed E-state index contributed by atoms with van der Waals surface area (Å²) in [5.41, 5.74) is 1.88. The normalized spacial score (nSPS) is 11.8. The van der Waals surface area contributed by atoms with Crippen molar-refractivity contribution in [1.29, 1.82) is 0 Å². The van der Waals surface area contributed by atoms with E-state index in [-0.39, 0.29) is 5.22 Å². The van der Waals surface area contributed by atoms with Gasteiger partial charge in [-0.25, -0.2) is 4.79 Å². The van der Waals surface area contributed by atoms with Crippen LogP contribution in [0.5, 0.6) is 0 Å². The van der Waals surface area contributed by atoms with Crippen molar-refractivity contribution in [3.63, 3.8) is 0 Å². The molecule has 2 N–H and O–H groups in total. The molecule has 1 heterocycles. The molecular weight excluding hydrogens is 316 g/mol. The van der Waals surface area contributed by atoms with Crippen molar-refractivity contribution >= 4 is 23.7 Å². The maximum Gasteiger partial charge on any atom is 0.321 e. The van der Waals surface area contributed by atoms with E-state index in [1.807, 2.05) is 31.2 Å². The Labute approximate surface area is 138 Å². The van der Waals surface area contributed by atoms with Gasteiger partial charge in [0.2, 0.25) is 11.8 Å². The van der Waals surface area contributed by atoms with Crippen LogP contribution in [0, 0.1) is 6.92 Å². The average molecular weight is 334 g/mol. The van der Waals surface area contributed by atoms with E-state index in [1.54, 1.807) is 13.8 Å². The number of aromatic nitrogens is 2. The number of benzene rings is 1. The summed E-state index contributed by atoms with van der Waals surface area (Å²) < 4.78 is 5.58. The molecule has 122 valence electrons. The maximum atomic E-state index is 11.9. The fraction of sp³-hybridized carbons (Fsp3) is 0.333. The lowest BCUT2D eigenvalue weighted by Gasteiger charge is -2.08. The first-order valence-corrected chi connectivity index (χ1v) is 8.04. The van der Waals surface area contributed by atoms with Crippen LogP contribution in [0.3, 0.4) is 0 Å². The zero-order chi connectivity index (χ0) is 16.8. The molecular formula is C15H18N4O3S. The monoisotopic (exact) mass is 334 g/mol. The van der Waals surface area contributed by atoms with Crippen LogP contribution in [-0.2, 0) is 4.79 Å². The van der Waals surface area contributed by atoms with Crippen LogP contribution in [0.2, 0.25) is 0 Å². The molecule has 0 aliphatic rings. The number of urea groups is 1. The summed E-state index contributed by atoms with van der Waals surface area (Å²) in [4.78, 5) is 23.2. The van der Waals surface area contributed by atoms with E-state index in [2.05, 4.69) is 20.8 Å². The topological polar surface area (TPSA) is 97.1 Å². The largest absolute Gasteiger partial charge is 0.411 e. The zero-order valence-corrected chi connectivity index (χ0v) is 13.9. The van der Waals surface area contributed by atoms with Crippen LogP contribution in [-0.4, -0.2) is 33.9 Å².